The van der Waals surface area contributed by atoms with Crippen molar-refractivity contribution < 1.29 is 9.84 Å². The second-order valence-electron chi connectivity index (χ2n) is 4.47. The van der Waals surface area contributed by atoms with Crippen LogP contribution in [0.1, 0.15) is 50.8 Å². The highest BCUT2D eigenvalue weighted by Gasteiger charge is 2.35. The van der Waals surface area contributed by atoms with Crippen molar-refractivity contribution >= 4 is 0 Å². The fourth-order valence-corrected chi connectivity index (χ4v) is 2.28. The zero-order valence-corrected chi connectivity index (χ0v) is 11.4. The van der Waals surface area contributed by atoms with Gasteiger partial charge in [0.15, 0.2) is 0 Å². The van der Waals surface area contributed by atoms with Gasteiger partial charge in [0.25, 0.3) is 0 Å². The summed E-state index contributed by atoms with van der Waals surface area (Å²) in [5.74, 6) is 0. The molecule has 0 spiro atoms. The molecule has 0 amide bonds. The molecule has 0 aliphatic carbocycles. The molecule has 1 unspecified atom stereocenters. The van der Waals surface area contributed by atoms with Gasteiger partial charge in [0.05, 0.1) is 5.60 Å². The Balaban J connectivity index is 2.96. The maximum absolute atomic E-state index is 10.5. The molecule has 0 aliphatic heterocycles. The van der Waals surface area contributed by atoms with Crippen LogP contribution in [-0.4, -0.2) is 17.8 Å². The van der Waals surface area contributed by atoms with E-state index in [-0.39, 0.29) is 0 Å². The number of benzene rings is 1. The van der Waals surface area contributed by atoms with Crippen LogP contribution >= 0.6 is 0 Å². The lowest BCUT2D eigenvalue weighted by Gasteiger charge is -2.35. The van der Waals surface area contributed by atoms with E-state index in [1.807, 2.05) is 12.1 Å². The molecule has 96 valence electrons. The lowest BCUT2D eigenvalue weighted by molar-refractivity contribution is -0.109. The minimum absolute atomic E-state index is 0.465. The Labute approximate surface area is 105 Å². The summed E-state index contributed by atoms with van der Waals surface area (Å²) in [5.41, 5.74) is 1.76. The molecule has 1 aromatic carbocycles. The van der Waals surface area contributed by atoms with Gasteiger partial charge in [-0.2, -0.15) is 0 Å². The van der Waals surface area contributed by atoms with E-state index < -0.39 is 11.7 Å². The normalized spacial score (nSPS) is 13.7. The van der Waals surface area contributed by atoms with Gasteiger partial charge in [-0.15, -0.1) is 0 Å². The van der Waals surface area contributed by atoms with Crippen LogP contribution in [0.3, 0.4) is 0 Å². The Bertz CT molecular complexity index is 317. The highest BCUT2D eigenvalue weighted by Crippen LogP contribution is 2.34. The number of aryl methyl sites for hydroxylation is 1. The van der Waals surface area contributed by atoms with Gasteiger partial charge in [0.2, 0.25) is 0 Å². The largest absolute Gasteiger partial charge is 0.385 e. The summed E-state index contributed by atoms with van der Waals surface area (Å²) in [7, 11) is 1.68. The van der Waals surface area contributed by atoms with Crippen LogP contribution in [-0.2, 0) is 11.2 Å². The number of rotatable bonds is 6. The number of ether oxygens (including phenoxy) is 1. The zero-order valence-electron chi connectivity index (χ0n) is 11.4. The summed E-state index contributed by atoms with van der Waals surface area (Å²) < 4.78 is 5.56. The van der Waals surface area contributed by atoms with Crippen LogP contribution in [0.2, 0.25) is 0 Å². The third-order valence-corrected chi connectivity index (χ3v) is 3.81. The van der Waals surface area contributed by atoms with Crippen molar-refractivity contribution in [2.45, 2.75) is 51.7 Å². The summed E-state index contributed by atoms with van der Waals surface area (Å²) >= 11 is 0. The summed E-state index contributed by atoms with van der Waals surface area (Å²) in [6.45, 7) is 6.23. The Kier molecular flexibility index (Phi) is 5.16. The molecule has 0 bridgehead atoms. The van der Waals surface area contributed by atoms with Gasteiger partial charge in [-0.25, -0.2) is 0 Å². The topological polar surface area (TPSA) is 29.5 Å². The first-order valence-electron chi connectivity index (χ1n) is 6.45. The quantitative estimate of drug-likeness (QED) is 0.819. The molecule has 0 saturated carbocycles. The molecule has 0 aliphatic rings. The predicted octanol–water partition coefficient (Wildman–Crippen LogP) is 3.49. The standard InChI is InChI=1S/C15H24O2/c1-5-12-8-10-13(11-9-12)14(16)15(6-2,7-3)17-4/h8-11,14,16H,5-7H2,1-4H3. The van der Waals surface area contributed by atoms with Crippen LogP contribution in [0.15, 0.2) is 24.3 Å². The molecule has 1 N–H and O–H groups in total. The van der Waals surface area contributed by atoms with E-state index in [1.165, 1.54) is 5.56 Å². The Morgan fingerprint density at radius 1 is 1.12 bits per heavy atom. The Hall–Kier alpha value is -0.860. The Morgan fingerprint density at radius 2 is 1.65 bits per heavy atom. The molecule has 1 aromatic rings. The first kappa shape index (κ1) is 14.2. The first-order valence-corrected chi connectivity index (χ1v) is 6.45. The maximum Gasteiger partial charge on any atom is 0.108 e. The molecule has 2 heteroatoms. The van der Waals surface area contributed by atoms with Crippen molar-refractivity contribution in [2.75, 3.05) is 7.11 Å². The van der Waals surface area contributed by atoms with Gasteiger partial charge < -0.3 is 9.84 Å². The van der Waals surface area contributed by atoms with Crippen molar-refractivity contribution in [2.24, 2.45) is 0 Å². The lowest BCUT2D eigenvalue weighted by atomic mass is 9.86. The van der Waals surface area contributed by atoms with Gasteiger partial charge in [-0.3, -0.25) is 0 Å². The van der Waals surface area contributed by atoms with E-state index in [4.69, 9.17) is 4.74 Å². The molecular weight excluding hydrogens is 212 g/mol. The first-order chi connectivity index (χ1) is 8.13. The average Bonchev–Trinajstić information content (AvgIpc) is 2.41. The number of aliphatic hydroxyl groups is 1. The van der Waals surface area contributed by atoms with Crippen LogP contribution in [0.25, 0.3) is 0 Å². The molecular formula is C15H24O2. The van der Waals surface area contributed by atoms with Crippen molar-refractivity contribution in [3.8, 4) is 0 Å². The molecule has 2 nitrogen and oxygen atoms in total. The molecule has 0 aromatic heterocycles. The van der Waals surface area contributed by atoms with Crippen molar-refractivity contribution in [1.82, 2.24) is 0 Å². The Morgan fingerprint density at radius 3 is 2.00 bits per heavy atom. The molecule has 0 heterocycles. The third kappa shape index (κ3) is 2.88. The third-order valence-electron chi connectivity index (χ3n) is 3.81. The van der Waals surface area contributed by atoms with Crippen LogP contribution in [0.5, 0.6) is 0 Å². The average molecular weight is 236 g/mol. The van der Waals surface area contributed by atoms with Gasteiger partial charge in [0.1, 0.15) is 6.10 Å². The lowest BCUT2D eigenvalue weighted by Crippen LogP contribution is -2.37. The molecule has 0 saturated heterocycles. The highest BCUT2D eigenvalue weighted by molar-refractivity contribution is 5.26. The van der Waals surface area contributed by atoms with Crippen molar-refractivity contribution in [3.63, 3.8) is 0 Å². The summed E-state index contributed by atoms with van der Waals surface area (Å²) in [4.78, 5) is 0. The zero-order chi connectivity index (χ0) is 12.9. The van der Waals surface area contributed by atoms with E-state index in [0.717, 1.165) is 24.8 Å². The minimum atomic E-state index is -0.562. The number of aliphatic hydroxyl groups excluding tert-OH is 1. The SMILES string of the molecule is CCc1ccc(C(O)C(CC)(CC)OC)cc1. The van der Waals surface area contributed by atoms with E-state index in [9.17, 15) is 5.11 Å². The van der Waals surface area contributed by atoms with Gasteiger partial charge in [-0.1, -0.05) is 45.0 Å². The number of hydrogen-bond donors (Lipinski definition) is 1. The molecule has 0 radical (unpaired) electrons. The monoisotopic (exact) mass is 236 g/mol. The van der Waals surface area contributed by atoms with E-state index >= 15 is 0 Å². The van der Waals surface area contributed by atoms with Crippen LogP contribution < -0.4 is 0 Å². The van der Waals surface area contributed by atoms with Crippen LogP contribution in [0, 0.1) is 0 Å². The fourth-order valence-electron chi connectivity index (χ4n) is 2.28. The molecule has 17 heavy (non-hydrogen) atoms. The second-order valence-corrected chi connectivity index (χ2v) is 4.47. The van der Waals surface area contributed by atoms with E-state index in [1.54, 1.807) is 7.11 Å². The van der Waals surface area contributed by atoms with Gasteiger partial charge >= 0.3 is 0 Å². The minimum Gasteiger partial charge on any atom is -0.385 e. The second kappa shape index (κ2) is 6.18. The van der Waals surface area contributed by atoms with Gasteiger partial charge in [0, 0.05) is 7.11 Å². The molecule has 1 rings (SSSR count). The fraction of sp³-hybridized carbons (Fsp3) is 0.600. The molecule has 0 fully saturated rings. The number of hydrogen-bond acceptors (Lipinski definition) is 2. The van der Waals surface area contributed by atoms with Crippen molar-refractivity contribution in [3.05, 3.63) is 35.4 Å². The molecule has 1 atom stereocenters. The smallest absolute Gasteiger partial charge is 0.108 e. The number of methoxy groups -OCH3 is 1. The predicted molar refractivity (Wildman–Crippen MR) is 71.1 cm³/mol. The highest BCUT2D eigenvalue weighted by atomic mass is 16.5. The maximum atomic E-state index is 10.5. The van der Waals surface area contributed by atoms with Crippen LogP contribution in [0.4, 0.5) is 0 Å². The summed E-state index contributed by atoms with van der Waals surface area (Å²) in [6.07, 6.45) is 2.06. The van der Waals surface area contributed by atoms with Gasteiger partial charge in [-0.05, 0) is 30.4 Å². The van der Waals surface area contributed by atoms with E-state index in [0.29, 0.717) is 0 Å². The summed E-state index contributed by atoms with van der Waals surface area (Å²) in [5, 5.41) is 10.5. The summed E-state index contributed by atoms with van der Waals surface area (Å²) in [6, 6.07) is 8.15. The van der Waals surface area contributed by atoms with E-state index in [2.05, 4.69) is 32.9 Å². The van der Waals surface area contributed by atoms with Crippen molar-refractivity contribution in [1.29, 1.82) is 0 Å².